The lowest BCUT2D eigenvalue weighted by molar-refractivity contribution is 0.507. The van der Waals surface area contributed by atoms with Crippen LogP contribution in [0.2, 0.25) is 0 Å². The molecule has 0 unspecified atom stereocenters. The smallest absolute Gasteiger partial charge is 0.159 e. The van der Waals surface area contributed by atoms with E-state index in [1.807, 2.05) is 18.2 Å². The van der Waals surface area contributed by atoms with Gasteiger partial charge < -0.3 is 5.32 Å². The van der Waals surface area contributed by atoms with Crippen molar-refractivity contribution in [2.24, 2.45) is 0 Å². The first-order chi connectivity index (χ1) is 9.72. The summed E-state index contributed by atoms with van der Waals surface area (Å²) in [5.41, 5.74) is 3.11. The Hall–Kier alpha value is -2.56. The van der Waals surface area contributed by atoms with E-state index in [0.717, 1.165) is 22.8 Å². The second kappa shape index (κ2) is 5.21. The molecule has 3 nitrogen and oxygen atoms in total. The van der Waals surface area contributed by atoms with Gasteiger partial charge in [-0.25, -0.2) is 8.78 Å². The van der Waals surface area contributed by atoms with Gasteiger partial charge in [-0.2, -0.15) is 0 Å². The van der Waals surface area contributed by atoms with E-state index in [1.54, 1.807) is 18.5 Å². The van der Waals surface area contributed by atoms with E-state index >= 15 is 0 Å². The standard InChI is InChI=1S/C15H11F2N3/c16-12-3-1-10(7-13(12)17)9-20-11-2-4-14-15(8-11)19-6-5-18-14/h1-8,20H,9H2. The summed E-state index contributed by atoms with van der Waals surface area (Å²) in [4.78, 5) is 8.39. The molecule has 1 N–H and O–H groups in total. The Kier molecular flexibility index (Phi) is 3.25. The highest BCUT2D eigenvalue weighted by molar-refractivity contribution is 5.78. The van der Waals surface area contributed by atoms with Crippen molar-refractivity contribution in [2.75, 3.05) is 5.32 Å². The molecular weight excluding hydrogens is 260 g/mol. The molecule has 5 heteroatoms. The number of fused-ring (bicyclic) bond motifs is 1. The maximum absolute atomic E-state index is 13.1. The Bertz CT molecular complexity index is 759. The van der Waals surface area contributed by atoms with Crippen LogP contribution in [0.25, 0.3) is 11.0 Å². The van der Waals surface area contributed by atoms with Gasteiger partial charge in [0.1, 0.15) is 0 Å². The van der Waals surface area contributed by atoms with Gasteiger partial charge in [0.05, 0.1) is 11.0 Å². The lowest BCUT2D eigenvalue weighted by Crippen LogP contribution is -2.00. The fourth-order valence-electron chi connectivity index (χ4n) is 1.93. The number of aromatic nitrogens is 2. The molecule has 0 atom stereocenters. The van der Waals surface area contributed by atoms with E-state index in [2.05, 4.69) is 15.3 Å². The van der Waals surface area contributed by atoms with Crippen LogP contribution in [0.1, 0.15) is 5.56 Å². The number of nitrogens with one attached hydrogen (secondary N) is 1. The summed E-state index contributed by atoms with van der Waals surface area (Å²) < 4.78 is 25.9. The largest absolute Gasteiger partial charge is 0.381 e. The van der Waals surface area contributed by atoms with E-state index in [-0.39, 0.29) is 0 Å². The normalized spacial score (nSPS) is 10.7. The van der Waals surface area contributed by atoms with Gasteiger partial charge in [0.2, 0.25) is 0 Å². The predicted octanol–water partition coefficient (Wildman–Crippen LogP) is 3.52. The van der Waals surface area contributed by atoms with Gasteiger partial charge in [-0.1, -0.05) is 6.07 Å². The lowest BCUT2D eigenvalue weighted by atomic mass is 10.2. The third kappa shape index (κ3) is 2.56. The monoisotopic (exact) mass is 271 g/mol. The highest BCUT2D eigenvalue weighted by Crippen LogP contribution is 2.16. The molecule has 0 saturated heterocycles. The van der Waals surface area contributed by atoms with E-state index < -0.39 is 11.6 Å². The second-order valence-corrected chi connectivity index (χ2v) is 4.36. The maximum atomic E-state index is 13.1. The lowest BCUT2D eigenvalue weighted by Gasteiger charge is -2.07. The van der Waals surface area contributed by atoms with Crippen LogP contribution in [0, 0.1) is 11.6 Å². The molecule has 2 aromatic carbocycles. The van der Waals surface area contributed by atoms with Gasteiger partial charge in [0, 0.05) is 24.6 Å². The van der Waals surface area contributed by atoms with Crippen LogP contribution in [0.5, 0.6) is 0 Å². The number of benzene rings is 2. The molecule has 0 fully saturated rings. The first kappa shape index (κ1) is 12.5. The molecule has 3 aromatic rings. The van der Waals surface area contributed by atoms with E-state index in [9.17, 15) is 8.78 Å². The summed E-state index contributed by atoms with van der Waals surface area (Å²) >= 11 is 0. The van der Waals surface area contributed by atoms with Gasteiger partial charge in [0.15, 0.2) is 11.6 Å². The minimum atomic E-state index is -0.839. The molecule has 0 saturated carbocycles. The Morgan fingerprint density at radius 1 is 0.850 bits per heavy atom. The average molecular weight is 271 g/mol. The van der Waals surface area contributed by atoms with Gasteiger partial charge in [-0.05, 0) is 35.9 Å². The summed E-state index contributed by atoms with van der Waals surface area (Å²) in [5.74, 6) is -1.68. The minimum absolute atomic E-state index is 0.406. The summed E-state index contributed by atoms with van der Waals surface area (Å²) in [6.45, 7) is 0.406. The number of anilines is 1. The zero-order valence-corrected chi connectivity index (χ0v) is 10.5. The van der Waals surface area contributed by atoms with E-state index in [4.69, 9.17) is 0 Å². The number of halogens is 2. The molecule has 0 spiro atoms. The fourth-order valence-corrected chi connectivity index (χ4v) is 1.93. The van der Waals surface area contributed by atoms with Crippen LogP contribution in [0.4, 0.5) is 14.5 Å². The van der Waals surface area contributed by atoms with Crippen molar-refractivity contribution in [3.05, 3.63) is 66.0 Å². The molecule has 0 radical (unpaired) electrons. The van der Waals surface area contributed by atoms with Crippen LogP contribution in [-0.4, -0.2) is 9.97 Å². The van der Waals surface area contributed by atoms with Gasteiger partial charge in [0.25, 0.3) is 0 Å². The first-order valence-corrected chi connectivity index (χ1v) is 6.11. The highest BCUT2D eigenvalue weighted by Gasteiger charge is 2.03. The van der Waals surface area contributed by atoms with Gasteiger partial charge in [-0.15, -0.1) is 0 Å². The van der Waals surface area contributed by atoms with E-state index in [0.29, 0.717) is 12.1 Å². The van der Waals surface area contributed by atoms with Crippen molar-refractivity contribution in [3.63, 3.8) is 0 Å². The first-order valence-electron chi connectivity index (χ1n) is 6.11. The zero-order valence-electron chi connectivity index (χ0n) is 10.5. The molecule has 3 rings (SSSR count). The average Bonchev–Trinajstić information content (AvgIpc) is 2.48. The molecule has 0 aliphatic carbocycles. The third-order valence-corrected chi connectivity index (χ3v) is 2.95. The molecule has 0 aliphatic rings. The zero-order chi connectivity index (χ0) is 13.9. The third-order valence-electron chi connectivity index (χ3n) is 2.95. The molecule has 1 heterocycles. The number of rotatable bonds is 3. The number of nitrogens with zero attached hydrogens (tertiary/aromatic N) is 2. The Labute approximate surface area is 114 Å². The summed E-state index contributed by atoms with van der Waals surface area (Å²) in [6, 6.07) is 9.45. The van der Waals surface area contributed by atoms with Crippen LogP contribution in [0.15, 0.2) is 48.8 Å². The molecular formula is C15H11F2N3. The SMILES string of the molecule is Fc1ccc(CNc2ccc3nccnc3c2)cc1F. The molecule has 20 heavy (non-hydrogen) atoms. The van der Waals surface area contributed by atoms with Crippen LogP contribution in [0.3, 0.4) is 0 Å². The van der Waals surface area contributed by atoms with Crippen molar-refractivity contribution in [1.29, 1.82) is 0 Å². The van der Waals surface area contributed by atoms with Crippen LogP contribution >= 0.6 is 0 Å². The van der Waals surface area contributed by atoms with Gasteiger partial charge >= 0.3 is 0 Å². The maximum Gasteiger partial charge on any atom is 0.159 e. The van der Waals surface area contributed by atoms with Crippen molar-refractivity contribution in [3.8, 4) is 0 Å². The van der Waals surface area contributed by atoms with Gasteiger partial charge in [-0.3, -0.25) is 9.97 Å². The topological polar surface area (TPSA) is 37.8 Å². The van der Waals surface area contributed by atoms with Crippen molar-refractivity contribution >= 4 is 16.7 Å². The van der Waals surface area contributed by atoms with Crippen LogP contribution in [-0.2, 0) is 6.54 Å². The fraction of sp³-hybridized carbons (Fsp3) is 0.0667. The van der Waals surface area contributed by atoms with Crippen LogP contribution < -0.4 is 5.32 Å². The van der Waals surface area contributed by atoms with Crippen molar-refractivity contribution < 1.29 is 8.78 Å². The Morgan fingerprint density at radius 2 is 1.65 bits per heavy atom. The molecule has 0 amide bonds. The summed E-state index contributed by atoms with van der Waals surface area (Å²) in [5, 5.41) is 3.14. The second-order valence-electron chi connectivity index (χ2n) is 4.36. The highest BCUT2D eigenvalue weighted by atomic mass is 19.2. The molecule has 100 valence electrons. The van der Waals surface area contributed by atoms with Crippen molar-refractivity contribution in [1.82, 2.24) is 9.97 Å². The Morgan fingerprint density at radius 3 is 2.45 bits per heavy atom. The minimum Gasteiger partial charge on any atom is -0.381 e. The quantitative estimate of drug-likeness (QED) is 0.792. The number of hydrogen-bond acceptors (Lipinski definition) is 3. The van der Waals surface area contributed by atoms with E-state index in [1.165, 1.54) is 6.07 Å². The summed E-state index contributed by atoms with van der Waals surface area (Å²) in [6.07, 6.45) is 3.26. The Balaban J connectivity index is 1.77. The molecule has 0 aliphatic heterocycles. The molecule has 0 bridgehead atoms. The number of hydrogen-bond donors (Lipinski definition) is 1. The summed E-state index contributed by atoms with van der Waals surface area (Å²) in [7, 11) is 0. The van der Waals surface area contributed by atoms with Crippen molar-refractivity contribution in [2.45, 2.75) is 6.54 Å². The predicted molar refractivity (Wildman–Crippen MR) is 73.2 cm³/mol. The molecule has 1 aromatic heterocycles.